The molecule has 2 aromatic heterocycles. The first-order valence-corrected chi connectivity index (χ1v) is 11.3. The highest BCUT2D eigenvalue weighted by molar-refractivity contribution is 5.91. The number of carbonyl (C=O) groups excluding carboxylic acids is 1. The SMILES string of the molecule is C[C@H](NC(=O)c1ncc(C2=CCc3ncc(N4CCO[C@@H](C)C4)cc32)cn1)c1ccccc1. The quantitative estimate of drug-likeness (QED) is 0.652. The fourth-order valence-electron chi connectivity index (χ4n) is 4.36. The molecular formula is C26H27N5O2. The maximum absolute atomic E-state index is 12.6. The van der Waals surface area contributed by atoms with Gasteiger partial charge < -0.3 is 15.0 Å². The molecule has 3 aromatic rings. The third kappa shape index (κ3) is 4.50. The van der Waals surface area contributed by atoms with Gasteiger partial charge in [0.25, 0.3) is 5.91 Å². The Morgan fingerprint density at radius 1 is 1.15 bits per heavy atom. The fourth-order valence-corrected chi connectivity index (χ4v) is 4.36. The van der Waals surface area contributed by atoms with E-state index in [-0.39, 0.29) is 23.9 Å². The number of hydrogen-bond acceptors (Lipinski definition) is 6. The smallest absolute Gasteiger partial charge is 0.289 e. The van der Waals surface area contributed by atoms with Crippen molar-refractivity contribution in [3.63, 3.8) is 0 Å². The zero-order valence-electron chi connectivity index (χ0n) is 18.9. The van der Waals surface area contributed by atoms with Crippen molar-refractivity contribution in [3.8, 4) is 0 Å². The Balaban J connectivity index is 1.31. The second kappa shape index (κ2) is 9.11. The number of anilines is 1. The standard InChI is InChI=1S/C26H27N5O2/c1-17-16-31(10-11-33-17)21-12-23-22(8-9-24(23)27-15-21)20-13-28-25(29-14-20)26(32)30-18(2)19-6-4-3-5-7-19/h3-8,12-15,17-18H,9-11,16H2,1-2H3,(H,30,32)/t17-,18-/m0/s1. The number of carbonyl (C=O) groups is 1. The topological polar surface area (TPSA) is 80.2 Å². The van der Waals surface area contributed by atoms with Crippen LogP contribution in [0, 0.1) is 0 Å². The Bertz CT molecular complexity index is 1180. The summed E-state index contributed by atoms with van der Waals surface area (Å²) in [4.78, 5) is 28.4. The minimum absolute atomic E-state index is 0.126. The molecule has 0 radical (unpaired) electrons. The monoisotopic (exact) mass is 441 g/mol. The Labute approximate surface area is 193 Å². The number of nitrogens with one attached hydrogen (secondary N) is 1. The van der Waals surface area contributed by atoms with Crippen LogP contribution in [0.4, 0.5) is 5.69 Å². The van der Waals surface area contributed by atoms with Gasteiger partial charge in [0.15, 0.2) is 0 Å². The van der Waals surface area contributed by atoms with Crippen molar-refractivity contribution in [2.24, 2.45) is 0 Å². The molecule has 2 aliphatic rings. The molecule has 1 aliphatic carbocycles. The van der Waals surface area contributed by atoms with Crippen LogP contribution in [0.25, 0.3) is 5.57 Å². The van der Waals surface area contributed by atoms with Gasteiger partial charge in [0.2, 0.25) is 5.82 Å². The van der Waals surface area contributed by atoms with Gasteiger partial charge in [-0.05, 0) is 31.1 Å². The summed E-state index contributed by atoms with van der Waals surface area (Å²) in [7, 11) is 0. The number of nitrogens with zero attached hydrogens (tertiary/aromatic N) is 4. The maximum atomic E-state index is 12.6. The van der Waals surface area contributed by atoms with Crippen LogP contribution < -0.4 is 10.2 Å². The third-order valence-corrected chi connectivity index (χ3v) is 6.16. The Morgan fingerprint density at radius 3 is 2.70 bits per heavy atom. The molecule has 33 heavy (non-hydrogen) atoms. The highest BCUT2D eigenvalue weighted by atomic mass is 16.5. The zero-order chi connectivity index (χ0) is 22.8. The van der Waals surface area contributed by atoms with Crippen molar-refractivity contribution in [3.05, 3.63) is 89.3 Å². The number of pyridine rings is 1. The second-order valence-corrected chi connectivity index (χ2v) is 8.54. The lowest BCUT2D eigenvalue weighted by Gasteiger charge is -2.33. The van der Waals surface area contributed by atoms with Gasteiger partial charge in [-0.1, -0.05) is 36.4 Å². The number of aromatic nitrogens is 3. The van der Waals surface area contributed by atoms with Gasteiger partial charge in [-0.25, -0.2) is 9.97 Å². The molecule has 0 bridgehead atoms. The molecule has 1 fully saturated rings. The summed E-state index contributed by atoms with van der Waals surface area (Å²) in [6, 6.07) is 11.9. The molecule has 0 saturated carbocycles. The lowest BCUT2D eigenvalue weighted by molar-refractivity contribution is 0.0532. The van der Waals surface area contributed by atoms with E-state index in [1.54, 1.807) is 12.4 Å². The molecule has 7 nitrogen and oxygen atoms in total. The summed E-state index contributed by atoms with van der Waals surface area (Å²) in [5.74, 6) is -0.126. The number of benzene rings is 1. The first-order valence-electron chi connectivity index (χ1n) is 11.3. The van der Waals surface area contributed by atoms with E-state index in [0.717, 1.165) is 59.8 Å². The summed E-state index contributed by atoms with van der Waals surface area (Å²) in [6.45, 7) is 6.48. The largest absolute Gasteiger partial charge is 0.375 e. The molecule has 168 valence electrons. The minimum atomic E-state index is -0.288. The van der Waals surface area contributed by atoms with Gasteiger partial charge in [-0.15, -0.1) is 0 Å². The van der Waals surface area contributed by atoms with Gasteiger partial charge in [-0.2, -0.15) is 0 Å². The van der Waals surface area contributed by atoms with Gasteiger partial charge in [0.1, 0.15) is 0 Å². The molecule has 1 amide bonds. The molecular weight excluding hydrogens is 414 g/mol. The number of amides is 1. The third-order valence-electron chi connectivity index (χ3n) is 6.16. The molecule has 0 spiro atoms. The van der Waals surface area contributed by atoms with Crippen molar-refractivity contribution >= 4 is 17.2 Å². The molecule has 1 N–H and O–H groups in total. The lowest BCUT2D eigenvalue weighted by Crippen LogP contribution is -2.41. The van der Waals surface area contributed by atoms with Gasteiger partial charge in [0, 0.05) is 43.0 Å². The number of allylic oxidation sites excluding steroid dienone is 1. The van der Waals surface area contributed by atoms with Crippen LogP contribution >= 0.6 is 0 Å². The number of fused-ring (bicyclic) bond motifs is 1. The number of ether oxygens (including phenoxy) is 1. The molecule has 1 aromatic carbocycles. The molecule has 7 heteroatoms. The average Bonchev–Trinajstić information content (AvgIpc) is 3.28. The highest BCUT2D eigenvalue weighted by Gasteiger charge is 2.23. The Morgan fingerprint density at radius 2 is 1.94 bits per heavy atom. The van der Waals surface area contributed by atoms with E-state index >= 15 is 0 Å². The number of morpholine rings is 1. The van der Waals surface area contributed by atoms with Crippen LogP contribution in [-0.2, 0) is 11.2 Å². The van der Waals surface area contributed by atoms with Crippen LogP contribution in [0.1, 0.15) is 52.9 Å². The Hall–Kier alpha value is -3.58. The van der Waals surface area contributed by atoms with Crippen molar-refractivity contribution in [1.82, 2.24) is 20.3 Å². The van der Waals surface area contributed by atoms with E-state index in [4.69, 9.17) is 9.72 Å². The van der Waals surface area contributed by atoms with Crippen LogP contribution in [0.3, 0.4) is 0 Å². The van der Waals surface area contributed by atoms with E-state index in [0.29, 0.717) is 0 Å². The highest BCUT2D eigenvalue weighted by Crippen LogP contribution is 2.34. The maximum Gasteiger partial charge on any atom is 0.289 e. The van der Waals surface area contributed by atoms with Crippen molar-refractivity contribution < 1.29 is 9.53 Å². The first-order chi connectivity index (χ1) is 16.1. The van der Waals surface area contributed by atoms with Crippen molar-refractivity contribution in [2.45, 2.75) is 32.4 Å². The van der Waals surface area contributed by atoms with E-state index in [2.05, 4.69) is 39.3 Å². The summed E-state index contributed by atoms with van der Waals surface area (Å²) < 4.78 is 5.67. The zero-order valence-corrected chi connectivity index (χ0v) is 18.9. The van der Waals surface area contributed by atoms with E-state index < -0.39 is 0 Å². The number of rotatable bonds is 5. The van der Waals surface area contributed by atoms with E-state index in [1.165, 1.54) is 0 Å². The van der Waals surface area contributed by atoms with Crippen LogP contribution in [-0.4, -0.2) is 46.7 Å². The predicted molar refractivity (Wildman–Crippen MR) is 127 cm³/mol. The number of hydrogen-bond donors (Lipinski definition) is 1. The van der Waals surface area contributed by atoms with Crippen LogP contribution in [0.5, 0.6) is 0 Å². The van der Waals surface area contributed by atoms with Gasteiger partial charge in [-0.3, -0.25) is 9.78 Å². The van der Waals surface area contributed by atoms with Crippen LogP contribution in [0.15, 0.2) is 61.1 Å². The molecule has 2 atom stereocenters. The van der Waals surface area contributed by atoms with Gasteiger partial charge in [0.05, 0.1) is 36.3 Å². The van der Waals surface area contributed by atoms with Crippen LogP contribution in [0.2, 0.25) is 0 Å². The predicted octanol–water partition coefficient (Wildman–Crippen LogP) is 3.58. The normalized spacial score (nSPS) is 18.4. The molecule has 3 heterocycles. The van der Waals surface area contributed by atoms with Crippen molar-refractivity contribution in [2.75, 3.05) is 24.6 Å². The van der Waals surface area contributed by atoms with Crippen molar-refractivity contribution in [1.29, 1.82) is 0 Å². The summed E-state index contributed by atoms with van der Waals surface area (Å²) in [5.41, 5.74) is 6.23. The molecule has 0 unspecified atom stereocenters. The van der Waals surface area contributed by atoms with E-state index in [1.807, 2.05) is 43.5 Å². The fraction of sp³-hybridized carbons (Fsp3) is 0.308. The first kappa shape index (κ1) is 21.3. The lowest BCUT2D eigenvalue weighted by atomic mass is 10.0. The minimum Gasteiger partial charge on any atom is -0.375 e. The Kier molecular flexibility index (Phi) is 5.88. The molecule has 1 saturated heterocycles. The molecule has 1 aliphatic heterocycles. The van der Waals surface area contributed by atoms with Gasteiger partial charge >= 0.3 is 0 Å². The average molecular weight is 442 g/mol. The summed E-state index contributed by atoms with van der Waals surface area (Å²) in [6.07, 6.45) is 8.53. The van der Waals surface area contributed by atoms with E-state index in [9.17, 15) is 4.79 Å². The summed E-state index contributed by atoms with van der Waals surface area (Å²) >= 11 is 0. The second-order valence-electron chi connectivity index (χ2n) is 8.54. The molecule has 5 rings (SSSR count). The summed E-state index contributed by atoms with van der Waals surface area (Å²) in [5, 5.41) is 2.96.